The Hall–Kier alpha value is -3.00. The van der Waals surface area contributed by atoms with Crippen LogP contribution in [0.1, 0.15) is 35.5 Å². The maximum absolute atomic E-state index is 12.7. The third kappa shape index (κ3) is 5.58. The fraction of sp³-hybridized carbons (Fsp3) is 0.348. The number of hydrogen-bond donors (Lipinski definition) is 1. The van der Waals surface area contributed by atoms with Crippen molar-refractivity contribution in [3.63, 3.8) is 0 Å². The topological polar surface area (TPSA) is 78.3 Å². The van der Waals surface area contributed by atoms with Crippen LogP contribution in [0.5, 0.6) is 11.5 Å². The maximum atomic E-state index is 12.7. The van der Waals surface area contributed by atoms with Gasteiger partial charge in [0.15, 0.2) is 11.0 Å². The molecule has 1 aromatic heterocycles. The molecule has 8 heteroatoms. The fourth-order valence-electron chi connectivity index (χ4n) is 3.29. The van der Waals surface area contributed by atoms with E-state index in [0.29, 0.717) is 17.3 Å². The monoisotopic (exact) mass is 440 g/mol. The number of amides is 1. The molecule has 3 rings (SSSR count). The van der Waals surface area contributed by atoms with Crippen LogP contribution in [0.4, 0.5) is 0 Å². The Kier molecular flexibility index (Phi) is 7.57. The van der Waals surface area contributed by atoms with Crippen molar-refractivity contribution in [3.8, 4) is 11.5 Å². The van der Waals surface area contributed by atoms with E-state index in [1.807, 2.05) is 36.7 Å². The van der Waals surface area contributed by atoms with Gasteiger partial charge < -0.3 is 19.4 Å². The standard InChI is InChI=1S/C23H28N4O3S/c1-15-8-6-7-9-17(15)14-31-23-26-25-22(27(23)3)16(2)24-21(28)13-18-12-19(29-4)10-11-20(18)30-5/h6-12,16H,13-14H2,1-5H3,(H,24,28)/t16-/m1/s1. The summed E-state index contributed by atoms with van der Waals surface area (Å²) in [4.78, 5) is 12.7. The number of ether oxygens (including phenoxy) is 2. The number of methoxy groups -OCH3 is 2. The van der Waals surface area contributed by atoms with Gasteiger partial charge in [-0.1, -0.05) is 36.0 Å². The van der Waals surface area contributed by atoms with Crippen LogP contribution in [0.15, 0.2) is 47.6 Å². The second kappa shape index (κ2) is 10.3. The van der Waals surface area contributed by atoms with Crippen molar-refractivity contribution in [1.29, 1.82) is 0 Å². The van der Waals surface area contributed by atoms with Gasteiger partial charge in [-0.05, 0) is 43.2 Å². The third-order valence-electron chi connectivity index (χ3n) is 5.09. The van der Waals surface area contributed by atoms with E-state index < -0.39 is 0 Å². The first-order valence-corrected chi connectivity index (χ1v) is 11.0. The van der Waals surface area contributed by atoms with E-state index in [9.17, 15) is 4.79 Å². The first kappa shape index (κ1) is 22.7. The van der Waals surface area contributed by atoms with Crippen LogP contribution in [0, 0.1) is 6.92 Å². The van der Waals surface area contributed by atoms with Crippen LogP contribution in [-0.4, -0.2) is 34.9 Å². The highest BCUT2D eigenvalue weighted by molar-refractivity contribution is 7.98. The van der Waals surface area contributed by atoms with Gasteiger partial charge in [0, 0.05) is 18.4 Å². The molecule has 0 bridgehead atoms. The molecule has 2 aromatic carbocycles. The van der Waals surface area contributed by atoms with Crippen LogP contribution < -0.4 is 14.8 Å². The predicted octanol–water partition coefficient (Wildman–Crippen LogP) is 3.85. The van der Waals surface area contributed by atoms with Crippen LogP contribution in [-0.2, 0) is 24.0 Å². The Morgan fingerprint density at radius 1 is 1.13 bits per heavy atom. The Morgan fingerprint density at radius 3 is 2.61 bits per heavy atom. The summed E-state index contributed by atoms with van der Waals surface area (Å²) in [6.07, 6.45) is 0.178. The molecule has 0 saturated carbocycles. The summed E-state index contributed by atoms with van der Waals surface area (Å²) in [5.41, 5.74) is 3.29. The summed E-state index contributed by atoms with van der Waals surface area (Å²) in [7, 11) is 5.10. The number of nitrogens with zero attached hydrogens (tertiary/aromatic N) is 3. The molecule has 0 radical (unpaired) electrons. The zero-order chi connectivity index (χ0) is 22.4. The molecule has 0 spiro atoms. The number of benzene rings is 2. The summed E-state index contributed by atoms with van der Waals surface area (Å²) in [6, 6.07) is 13.4. The minimum Gasteiger partial charge on any atom is -0.497 e. The van der Waals surface area contributed by atoms with Gasteiger partial charge in [0.2, 0.25) is 5.91 Å². The van der Waals surface area contributed by atoms with Crippen molar-refractivity contribution >= 4 is 17.7 Å². The zero-order valence-corrected chi connectivity index (χ0v) is 19.3. The lowest BCUT2D eigenvalue weighted by molar-refractivity contribution is -0.121. The van der Waals surface area contributed by atoms with Crippen molar-refractivity contribution in [2.24, 2.45) is 7.05 Å². The molecule has 0 unspecified atom stereocenters. The molecule has 0 fully saturated rings. The second-order valence-corrected chi connectivity index (χ2v) is 8.20. The largest absolute Gasteiger partial charge is 0.497 e. The molecule has 31 heavy (non-hydrogen) atoms. The van der Waals surface area contributed by atoms with Gasteiger partial charge in [0.1, 0.15) is 11.5 Å². The molecule has 0 aliphatic heterocycles. The Balaban J connectivity index is 1.64. The minimum absolute atomic E-state index is 0.129. The van der Waals surface area contributed by atoms with Gasteiger partial charge in [0.05, 0.1) is 26.7 Å². The number of aryl methyl sites for hydroxylation is 1. The number of rotatable bonds is 9. The molecule has 0 aliphatic carbocycles. The second-order valence-electron chi connectivity index (χ2n) is 7.26. The molecular weight excluding hydrogens is 412 g/mol. The number of aromatic nitrogens is 3. The van der Waals surface area contributed by atoms with Gasteiger partial charge in [0.25, 0.3) is 0 Å². The highest BCUT2D eigenvalue weighted by atomic mass is 32.2. The Morgan fingerprint density at radius 2 is 1.90 bits per heavy atom. The van der Waals surface area contributed by atoms with Crippen LogP contribution >= 0.6 is 11.8 Å². The van der Waals surface area contributed by atoms with E-state index in [1.54, 1.807) is 38.1 Å². The number of hydrogen-bond acceptors (Lipinski definition) is 6. The summed E-state index contributed by atoms with van der Waals surface area (Å²) >= 11 is 1.63. The quantitative estimate of drug-likeness (QED) is 0.509. The molecule has 0 aliphatic rings. The SMILES string of the molecule is COc1ccc(OC)c(CC(=O)N[C@H](C)c2nnc(SCc3ccccc3C)n2C)c1. The Labute approximate surface area is 187 Å². The average Bonchev–Trinajstić information content (AvgIpc) is 3.13. The number of thioether (sulfide) groups is 1. The highest BCUT2D eigenvalue weighted by Crippen LogP contribution is 2.26. The first-order valence-electron chi connectivity index (χ1n) is 9.99. The summed E-state index contributed by atoms with van der Waals surface area (Å²) < 4.78 is 12.6. The number of carbonyl (C=O) groups excluding carboxylic acids is 1. The van der Waals surface area contributed by atoms with Gasteiger partial charge in [-0.25, -0.2) is 0 Å². The molecule has 0 saturated heterocycles. The number of nitrogens with one attached hydrogen (secondary N) is 1. The lowest BCUT2D eigenvalue weighted by Crippen LogP contribution is -2.29. The van der Waals surface area contributed by atoms with Gasteiger partial charge in [-0.2, -0.15) is 0 Å². The fourth-order valence-corrected chi connectivity index (χ4v) is 4.29. The smallest absolute Gasteiger partial charge is 0.225 e. The summed E-state index contributed by atoms with van der Waals surface area (Å²) in [5, 5.41) is 12.4. The van der Waals surface area contributed by atoms with E-state index in [0.717, 1.165) is 16.5 Å². The lowest BCUT2D eigenvalue weighted by atomic mass is 10.1. The third-order valence-corrected chi connectivity index (χ3v) is 6.16. The molecule has 1 N–H and O–H groups in total. The van der Waals surface area contributed by atoms with E-state index >= 15 is 0 Å². The van der Waals surface area contributed by atoms with E-state index in [1.165, 1.54) is 11.1 Å². The minimum atomic E-state index is -0.283. The maximum Gasteiger partial charge on any atom is 0.225 e. The van der Waals surface area contributed by atoms with Gasteiger partial charge in [-0.15, -0.1) is 10.2 Å². The lowest BCUT2D eigenvalue weighted by Gasteiger charge is -2.15. The average molecular weight is 441 g/mol. The summed E-state index contributed by atoms with van der Waals surface area (Å²) in [5.74, 6) is 2.72. The molecule has 7 nitrogen and oxygen atoms in total. The van der Waals surface area contributed by atoms with Crippen LogP contribution in [0.25, 0.3) is 0 Å². The van der Waals surface area contributed by atoms with Crippen molar-refractivity contribution in [1.82, 2.24) is 20.1 Å². The van der Waals surface area contributed by atoms with Crippen molar-refractivity contribution in [2.75, 3.05) is 14.2 Å². The molecule has 164 valence electrons. The van der Waals surface area contributed by atoms with Crippen LogP contribution in [0.2, 0.25) is 0 Å². The molecule has 1 amide bonds. The summed E-state index contributed by atoms with van der Waals surface area (Å²) in [6.45, 7) is 4.01. The van der Waals surface area contributed by atoms with E-state index in [2.05, 4.69) is 34.6 Å². The van der Waals surface area contributed by atoms with Crippen molar-refractivity contribution in [2.45, 2.75) is 37.2 Å². The van der Waals surface area contributed by atoms with Crippen LogP contribution in [0.3, 0.4) is 0 Å². The predicted molar refractivity (Wildman–Crippen MR) is 122 cm³/mol. The first-order chi connectivity index (χ1) is 14.9. The van der Waals surface area contributed by atoms with Crippen molar-refractivity contribution in [3.05, 3.63) is 65.0 Å². The normalized spacial score (nSPS) is 11.8. The van der Waals surface area contributed by atoms with Gasteiger partial charge in [-0.3, -0.25) is 4.79 Å². The highest BCUT2D eigenvalue weighted by Gasteiger charge is 2.19. The molecular formula is C23H28N4O3S. The van der Waals surface area contributed by atoms with Gasteiger partial charge >= 0.3 is 0 Å². The van der Waals surface area contributed by atoms with E-state index in [4.69, 9.17) is 9.47 Å². The van der Waals surface area contributed by atoms with E-state index in [-0.39, 0.29) is 18.4 Å². The molecule has 3 aromatic rings. The molecule has 1 atom stereocenters. The number of carbonyl (C=O) groups is 1. The Bertz CT molecular complexity index is 1050. The zero-order valence-electron chi connectivity index (χ0n) is 18.5. The van der Waals surface area contributed by atoms with Crippen molar-refractivity contribution < 1.29 is 14.3 Å². The molecule has 1 heterocycles.